The molecular formula is C14H23BrN2. The van der Waals surface area contributed by atoms with Crippen LogP contribution in [0.2, 0.25) is 0 Å². The number of hydrogen-bond acceptors (Lipinski definition) is 2. The van der Waals surface area contributed by atoms with Crippen molar-refractivity contribution < 1.29 is 0 Å². The van der Waals surface area contributed by atoms with Gasteiger partial charge in [0, 0.05) is 22.2 Å². The predicted octanol–water partition coefficient (Wildman–Crippen LogP) is 4.09. The quantitative estimate of drug-likeness (QED) is 0.776. The van der Waals surface area contributed by atoms with Gasteiger partial charge in [0.05, 0.1) is 0 Å². The molecular weight excluding hydrogens is 276 g/mol. The van der Waals surface area contributed by atoms with Gasteiger partial charge >= 0.3 is 0 Å². The smallest absolute Gasteiger partial charge is 0.0328 e. The number of anilines is 1. The molecule has 1 aromatic carbocycles. The van der Waals surface area contributed by atoms with Gasteiger partial charge in [-0.25, -0.2) is 0 Å². The van der Waals surface area contributed by atoms with E-state index in [4.69, 9.17) is 5.73 Å². The van der Waals surface area contributed by atoms with Crippen LogP contribution in [0, 0.1) is 0 Å². The molecule has 0 saturated heterocycles. The second kappa shape index (κ2) is 6.41. The Bertz CT molecular complexity index is 331. The minimum Gasteiger partial charge on any atom is -0.399 e. The molecule has 0 amide bonds. The van der Waals surface area contributed by atoms with Crippen molar-refractivity contribution in [3.8, 4) is 0 Å². The lowest BCUT2D eigenvalue weighted by Gasteiger charge is -2.32. The first-order valence-electron chi connectivity index (χ1n) is 6.35. The number of benzene rings is 1. The zero-order valence-corrected chi connectivity index (χ0v) is 12.6. The fraction of sp³-hybridized carbons (Fsp3) is 0.571. The fourth-order valence-electron chi connectivity index (χ4n) is 2.19. The summed E-state index contributed by atoms with van der Waals surface area (Å²) < 4.78 is 1.05. The van der Waals surface area contributed by atoms with Gasteiger partial charge in [0.1, 0.15) is 0 Å². The molecule has 96 valence electrons. The average molecular weight is 299 g/mol. The maximum Gasteiger partial charge on any atom is 0.0328 e. The van der Waals surface area contributed by atoms with E-state index in [1.54, 1.807) is 0 Å². The normalized spacial score (nSPS) is 11.8. The molecule has 0 heterocycles. The third-order valence-electron chi connectivity index (χ3n) is 3.68. The Morgan fingerprint density at radius 3 is 2.18 bits per heavy atom. The van der Waals surface area contributed by atoms with Crippen LogP contribution in [0.5, 0.6) is 0 Å². The van der Waals surface area contributed by atoms with Crippen LogP contribution < -0.4 is 11.1 Å². The fourth-order valence-corrected chi connectivity index (χ4v) is 2.75. The first kappa shape index (κ1) is 14.5. The summed E-state index contributed by atoms with van der Waals surface area (Å²) >= 11 is 3.48. The van der Waals surface area contributed by atoms with E-state index < -0.39 is 0 Å². The van der Waals surface area contributed by atoms with Crippen molar-refractivity contribution in [3.63, 3.8) is 0 Å². The van der Waals surface area contributed by atoms with Crippen LogP contribution in [-0.2, 0) is 6.54 Å². The van der Waals surface area contributed by atoms with Crippen molar-refractivity contribution in [3.05, 3.63) is 28.2 Å². The first-order chi connectivity index (χ1) is 8.05. The summed E-state index contributed by atoms with van der Waals surface area (Å²) in [6.07, 6.45) is 3.47. The van der Waals surface area contributed by atoms with Crippen LogP contribution in [-0.4, -0.2) is 5.54 Å². The number of nitrogen functional groups attached to an aromatic ring is 1. The Morgan fingerprint density at radius 1 is 1.12 bits per heavy atom. The Hall–Kier alpha value is -0.540. The van der Waals surface area contributed by atoms with Gasteiger partial charge in [-0.15, -0.1) is 0 Å². The number of nitrogens with two attached hydrogens (primary N) is 1. The summed E-state index contributed by atoms with van der Waals surface area (Å²) in [6.45, 7) is 7.61. The summed E-state index contributed by atoms with van der Waals surface area (Å²) in [5.74, 6) is 0. The highest BCUT2D eigenvalue weighted by molar-refractivity contribution is 9.10. The molecule has 0 bridgehead atoms. The van der Waals surface area contributed by atoms with E-state index in [1.807, 2.05) is 12.1 Å². The third-order valence-corrected chi connectivity index (χ3v) is 4.14. The standard InChI is InChI=1S/C14H23BrN2/c1-4-14(5-2,6-3)17-10-11-7-12(15)9-13(16)8-11/h7-9,17H,4-6,10,16H2,1-3H3. The molecule has 0 aromatic heterocycles. The Morgan fingerprint density at radius 2 is 1.71 bits per heavy atom. The lowest BCUT2D eigenvalue weighted by molar-refractivity contribution is 0.288. The Balaban J connectivity index is 2.71. The summed E-state index contributed by atoms with van der Waals surface area (Å²) in [6, 6.07) is 6.08. The molecule has 0 aliphatic heterocycles. The van der Waals surface area contributed by atoms with Gasteiger partial charge < -0.3 is 11.1 Å². The molecule has 3 N–H and O–H groups in total. The minimum absolute atomic E-state index is 0.261. The van der Waals surface area contributed by atoms with Crippen molar-refractivity contribution >= 4 is 21.6 Å². The molecule has 1 rings (SSSR count). The molecule has 0 spiro atoms. The van der Waals surface area contributed by atoms with E-state index in [2.05, 4.69) is 48.1 Å². The van der Waals surface area contributed by atoms with Crippen LogP contribution in [0.1, 0.15) is 45.6 Å². The van der Waals surface area contributed by atoms with Crippen molar-refractivity contribution in [1.29, 1.82) is 0 Å². The first-order valence-corrected chi connectivity index (χ1v) is 7.14. The van der Waals surface area contributed by atoms with Gasteiger partial charge in [0.25, 0.3) is 0 Å². The van der Waals surface area contributed by atoms with E-state index in [-0.39, 0.29) is 5.54 Å². The molecule has 17 heavy (non-hydrogen) atoms. The highest BCUT2D eigenvalue weighted by Crippen LogP contribution is 2.22. The zero-order chi connectivity index (χ0) is 12.9. The third kappa shape index (κ3) is 4.00. The number of halogens is 1. The van der Waals surface area contributed by atoms with Gasteiger partial charge in [-0.1, -0.05) is 36.7 Å². The number of nitrogens with one attached hydrogen (secondary N) is 1. The molecule has 3 heteroatoms. The van der Waals surface area contributed by atoms with Gasteiger partial charge in [0.2, 0.25) is 0 Å². The van der Waals surface area contributed by atoms with Crippen molar-refractivity contribution in [2.24, 2.45) is 0 Å². The highest BCUT2D eigenvalue weighted by atomic mass is 79.9. The molecule has 1 aromatic rings. The molecule has 0 aliphatic carbocycles. The van der Waals surface area contributed by atoms with Crippen molar-refractivity contribution in [2.45, 2.75) is 52.1 Å². The van der Waals surface area contributed by atoms with Crippen molar-refractivity contribution in [2.75, 3.05) is 5.73 Å². The van der Waals surface area contributed by atoms with Crippen LogP contribution in [0.25, 0.3) is 0 Å². The lowest BCUT2D eigenvalue weighted by atomic mass is 9.89. The van der Waals surface area contributed by atoms with E-state index in [0.717, 1.165) is 36.0 Å². The van der Waals surface area contributed by atoms with Gasteiger partial charge in [-0.2, -0.15) is 0 Å². The summed E-state index contributed by atoms with van der Waals surface area (Å²) in [5.41, 5.74) is 8.14. The maximum absolute atomic E-state index is 5.84. The van der Waals surface area contributed by atoms with E-state index in [0.29, 0.717) is 0 Å². The van der Waals surface area contributed by atoms with Crippen molar-refractivity contribution in [1.82, 2.24) is 5.32 Å². The predicted molar refractivity (Wildman–Crippen MR) is 79.0 cm³/mol. The van der Waals surface area contributed by atoms with E-state index in [9.17, 15) is 0 Å². The molecule has 0 fully saturated rings. The number of hydrogen-bond donors (Lipinski definition) is 2. The van der Waals surface area contributed by atoms with Crippen LogP contribution in [0.3, 0.4) is 0 Å². The Kier molecular flexibility index (Phi) is 5.47. The van der Waals surface area contributed by atoms with Gasteiger partial charge in [0.15, 0.2) is 0 Å². The zero-order valence-electron chi connectivity index (χ0n) is 11.0. The van der Waals surface area contributed by atoms with E-state index in [1.165, 1.54) is 5.56 Å². The van der Waals surface area contributed by atoms with Crippen LogP contribution in [0.4, 0.5) is 5.69 Å². The SMILES string of the molecule is CCC(CC)(CC)NCc1cc(N)cc(Br)c1. The molecule has 0 saturated carbocycles. The number of rotatable bonds is 6. The largest absolute Gasteiger partial charge is 0.399 e. The van der Waals surface area contributed by atoms with E-state index >= 15 is 0 Å². The summed E-state index contributed by atoms with van der Waals surface area (Å²) in [5, 5.41) is 3.68. The van der Waals surface area contributed by atoms with Gasteiger partial charge in [-0.05, 0) is 43.0 Å². The van der Waals surface area contributed by atoms with Crippen LogP contribution >= 0.6 is 15.9 Å². The average Bonchev–Trinajstić information content (AvgIpc) is 2.30. The summed E-state index contributed by atoms with van der Waals surface area (Å²) in [7, 11) is 0. The second-order valence-corrected chi connectivity index (χ2v) is 5.50. The lowest BCUT2D eigenvalue weighted by Crippen LogP contribution is -2.43. The monoisotopic (exact) mass is 298 g/mol. The maximum atomic E-state index is 5.84. The molecule has 0 unspecified atom stereocenters. The topological polar surface area (TPSA) is 38.0 Å². The molecule has 2 nitrogen and oxygen atoms in total. The Labute approximate surface area is 113 Å². The summed E-state index contributed by atoms with van der Waals surface area (Å²) in [4.78, 5) is 0. The van der Waals surface area contributed by atoms with Crippen LogP contribution in [0.15, 0.2) is 22.7 Å². The van der Waals surface area contributed by atoms with Gasteiger partial charge in [-0.3, -0.25) is 0 Å². The molecule has 0 radical (unpaired) electrons. The molecule has 0 aliphatic rings. The second-order valence-electron chi connectivity index (χ2n) is 4.59. The molecule has 0 atom stereocenters. The minimum atomic E-state index is 0.261. The highest BCUT2D eigenvalue weighted by Gasteiger charge is 2.22.